The van der Waals surface area contributed by atoms with E-state index in [0.717, 1.165) is 31.5 Å². The van der Waals surface area contributed by atoms with Crippen molar-refractivity contribution in [2.45, 2.75) is 25.3 Å². The average molecular weight is 483 g/mol. The quantitative estimate of drug-likeness (QED) is 0.575. The van der Waals surface area contributed by atoms with Crippen molar-refractivity contribution in [3.8, 4) is 5.75 Å². The second-order valence-corrected chi connectivity index (χ2v) is 7.76. The van der Waals surface area contributed by atoms with Gasteiger partial charge in [-0.2, -0.15) is 0 Å². The van der Waals surface area contributed by atoms with E-state index in [2.05, 4.69) is 50.1 Å². The molecule has 0 amide bonds. The van der Waals surface area contributed by atoms with E-state index in [-0.39, 0.29) is 5.78 Å². The van der Waals surface area contributed by atoms with Crippen molar-refractivity contribution in [1.29, 1.82) is 0 Å². The van der Waals surface area contributed by atoms with E-state index in [0.29, 0.717) is 6.61 Å². The summed E-state index contributed by atoms with van der Waals surface area (Å²) in [5.41, 5.74) is 0.258. The van der Waals surface area contributed by atoms with Gasteiger partial charge < -0.3 is 4.74 Å². The number of carbonyl (C=O) groups excluding carboxylic acids is 1. The Balaban J connectivity index is 2.04. The second kappa shape index (κ2) is 5.14. The first-order valence-electron chi connectivity index (χ1n) is 6.44. The highest BCUT2D eigenvalue weighted by Crippen LogP contribution is 2.38. The Bertz CT molecular complexity index is 540. The normalized spacial score (nSPS) is 27.2. The topological polar surface area (TPSA) is 29.5 Å². The van der Waals surface area contributed by atoms with Gasteiger partial charge in [0.25, 0.3) is 0 Å². The van der Waals surface area contributed by atoms with Gasteiger partial charge in [0.1, 0.15) is 17.9 Å². The molecular formula is C14H15I2NO2. The van der Waals surface area contributed by atoms with Crippen molar-refractivity contribution < 1.29 is 9.53 Å². The van der Waals surface area contributed by atoms with Crippen molar-refractivity contribution in [1.82, 2.24) is 4.90 Å². The lowest BCUT2D eigenvalue weighted by molar-refractivity contribution is 0.0415. The van der Waals surface area contributed by atoms with Gasteiger partial charge in [-0.15, -0.1) is 0 Å². The SMILES string of the molecule is C[C@@]1(N2CCCC2)COc2c(I)cc(I)cc2C1=O. The van der Waals surface area contributed by atoms with Crippen molar-refractivity contribution in [2.24, 2.45) is 0 Å². The zero-order valence-corrected chi connectivity index (χ0v) is 15.0. The van der Waals surface area contributed by atoms with Crippen LogP contribution in [-0.4, -0.2) is 35.9 Å². The van der Waals surface area contributed by atoms with E-state index in [1.807, 2.05) is 19.1 Å². The molecule has 0 bridgehead atoms. The monoisotopic (exact) mass is 483 g/mol. The molecule has 102 valence electrons. The molecule has 1 aromatic carbocycles. The molecular weight excluding hydrogens is 468 g/mol. The largest absolute Gasteiger partial charge is 0.489 e. The number of carbonyl (C=O) groups is 1. The van der Waals surface area contributed by atoms with Gasteiger partial charge in [-0.1, -0.05) is 0 Å². The number of Topliss-reactive ketones (excluding diaryl/α,β-unsaturated/α-hetero) is 1. The number of rotatable bonds is 1. The molecule has 1 fully saturated rings. The molecule has 0 radical (unpaired) electrons. The molecule has 0 aliphatic carbocycles. The molecule has 2 aliphatic rings. The van der Waals surface area contributed by atoms with E-state index >= 15 is 0 Å². The molecule has 1 atom stereocenters. The number of fused-ring (bicyclic) bond motifs is 1. The summed E-state index contributed by atoms with van der Waals surface area (Å²) in [5, 5.41) is 0. The molecule has 3 nitrogen and oxygen atoms in total. The van der Waals surface area contributed by atoms with Crippen molar-refractivity contribution in [3.05, 3.63) is 24.8 Å². The Hall–Kier alpha value is 0.110. The van der Waals surface area contributed by atoms with Gasteiger partial charge in [0.15, 0.2) is 5.78 Å². The number of ketones is 1. The van der Waals surface area contributed by atoms with E-state index < -0.39 is 5.54 Å². The molecule has 2 heterocycles. The van der Waals surface area contributed by atoms with Crippen molar-refractivity contribution in [3.63, 3.8) is 0 Å². The van der Waals surface area contributed by atoms with Gasteiger partial charge in [0.2, 0.25) is 0 Å². The molecule has 0 N–H and O–H groups in total. The smallest absolute Gasteiger partial charge is 0.190 e. The third-order valence-corrected chi connectivity index (χ3v) is 5.47. The Labute approximate surface area is 140 Å². The number of halogens is 2. The first-order chi connectivity index (χ1) is 9.02. The lowest BCUT2D eigenvalue weighted by atomic mass is 9.87. The second-order valence-electron chi connectivity index (χ2n) is 5.35. The summed E-state index contributed by atoms with van der Waals surface area (Å²) in [4.78, 5) is 15.2. The summed E-state index contributed by atoms with van der Waals surface area (Å²) < 4.78 is 8.05. The van der Waals surface area contributed by atoms with Crippen LogP contribution in [0.15, 0.2) is 12.1 Å². The number of benzene rings is 1. The first-order valence-corrected chi connectivity index (χ1v) is 8.60. The fourth-order valence-corrected chi connectivity index (χ4v) is 4.89. The van der Waals surface area contributed by atoms with Crippen LogP contribution in [0.25, 0.3) is 0 Å². The van der Waals surface area contributed by atoms with Crippen LogP contribution in [0.2, 0.25) is 0 Å². The van der Waals surface area contributed by atoms with E-state index in [4.69, 9.17) is 4.74 Å². The molecule has 5 heteroatoms. The van der Waals surface area contributed by atoms with Crippen molar-refractivity contribution in [2.75, 3.05) is 19.7 Å². The molecule has 1 aromatic rings. The molecule has 3 rings (SSSR count). The number of ether oxygens (including phenoxy) is 1. The zero-order valence-electron chi connectivity index (χ0n) is 10.7. The van der Waals surface area contributed by atoms with Crippen LogP contribution in [0.1, 0.15) is 30.1 Å². The molecule has 0 unspecified atom stereocenters. The molecule has 0 spiro atoms. The minimum absolute atomic E-state index is 0.215. The maximum Gasteiger partial charge on any atom is 0.190 e. The van der Waals surface area contributed by atoms with E-state index in [1.54, 1.807) is 0 Å². The predicted molar refractivity (Wildman–Crippen MR) is 90.9 cm³/mol. The maximum atomic E-state index is 12.9. The summed E-state index contributed by atoms with van der Waals surface area (Å²) in [7, 11) is 0. The summed E-state index contributed by atoms with van der Waals surface area (Å²) in [6.07, 6.45) is 2.36. The minimum Gasteiger partial charge on any atom is -0.489 e. The van der Waals surface area contributed by atoms with Crippen LogP contribution >= 0.6 is 45.2 Å². The Morgan fingerprint density at radius 1 is 1.26 bits per heavy atom. The van der Waals surface area contributed by atoms with Crippen molar-refractivity contribution >= 4 is 51.0 Å². The molecule has 1 saturated heterocycles. The summed E-state index contributed by atoms with van der Waals surface area (Å²) >= 11 is 4.50. The molecule has 0 aromatic heterocycles. The molecule has 2 aliphatic heterocycles. The summed E-state index contributed by atoms with van der Waals surface area (Å²) in [6, 6.07) is 4.00. The Morgan fingerprint density at radius 2 is 1.95 bits per heavy atom. The van der Waals surface area contributed by atoms with Crippen LogP contribution in [0.5, 0.6) is 5.75 Å². The fraction of sp³-hybridized carbons (Fsp3) is 0.500. The third-order valence-electron chi connectivity index (χ3n) is 4.04. The van der Waals surface area contributed by atoms with Gasteiger partial charge in [0.05, 0.1) is 9.13 Å². The van der Waals surface area contributed by atoms with Gasteiger partial charge >= 0.3 is 0 Å². The van der Waals surface area contributed by atoms with Gasteiger partial charge in [-0.3, -0.25) is 9.69 Å². The lowest BCUT2D eigenvalue weighted by Crippen LogP contribution is -2.57. The van der Waals surface area contributed by atoms with Crippen LogP contribution < -0.4 is 4.74 Å². The third kappa shape index (κ3) is 2.31. The Kier molecular flexibility index (Phi) is 3.81. The number of likely N-dealkylation sites (tertiary alicyclic amines) is 1. The molecule has 0 saturated carbocycles. The lowest BCUT2D eigenvalue weighted by Gasteiger charge is -2.40. The average Bonchev–Trinajstić information content (AvgIpc) is 2.88. The number of nitrogens with zero attached hydrogens (tertiary/aromatic N) is 1. The van der Waals surface area contributed by atoms with E-state index in [1.165, 1.54) is 12.8 Å². The maximum absolute atomic E-state index is 12.9. The zero-order chi connectivity index (χ0) is 13.6. The summed E-state index contributed by atoms with van der Waals surface area (Å²) in [5.74, 6) is 0.981. The minimum atomic E-state index is -0.489. The fourth-order valence-electron chi connectivity index (χ4n) is 2.89. The first kappa shape index (κ1) is 14.1. The van der Waals surface area contributed by atoms with Crippen LogP contribution in [-0.2, 0) is 0 Å². The van der Waals surface area contributed by atoms with Crippen LogP contribution in [0.3, 0.4) is 0 Å². The van der Waals surface area contributed by atoms with E-state index in [9.17, 15) is 4.79 Å². The highest BCUT2D eigenvalue weighted by molar-refractivity contribution is 14.1. The highest BCUT2D eigenvalue weighted by atomic mass is 127. The standard InChI is InChI=1S/C14H15I2NO2/c1-14(17-4-2-3-5-17)8-19-12-10(13(14)18)6-9(15)7-11(12)16/h6-7H,2-5,8H2,1H3/t14-/m1/s1. The Morgan fingerprint density at radius 3 is 2.63 bits per heavy atom. The highest BCUT2D eigenvalue weighted by Gasteiger charge is 2.46. The van der Waals surface area contributed by atoms with Crippen LogP contribution in [0, 0.1) is 7.14 Å². The van der Waals surface area contributed by atoms with Gasteiger partial charge in [-0.25, -0.2) is 0 Å². The van der Waals surface area contributed by atoms with Gasteiger partial charge in [-0.05, 0) is 90.2 Å². The van der Waals surface area contributed by atoms with Gasteiger partial charge in [0, 0.05) is 3.57 Å². The molecule has 19 heavy (non-hydrogen) atoms. The number of hydrogen-bond acceptors (Lipinski definition) is 3. The summed E-state index contributed by atoms with van der Waals surface area (Å²) in [6.45, 7) is 4.50. The number of hydrogen-bond donors (Lipinski definition) is 0. The van der Waals surface area contributed by atoms with Crippen LogP contribution in [0.4, 0.5) is 0 Å². The predicted octanol–water partition coefficient (Wildman–Crippen LogP) is 3.33.